The van der Waals surface area contributed by atoms with Crippen molar-refractivity contribution < 1.29 is 9.53 Å². The van der Waals surface area contributed by atoms with Gasteiger partial charge in [-0.05, 0) is 42.0 Å². The zero-order chi connectivity index (χ0) is 27.8. The van der Waals surface area contributed by atoms with Crippen LogP contribution in [0.5, 0.6) is 5.75 Å². The summed E-state index contributed by atoms with van der Waals surface area (Å²) in [6.45, 7) is 0. The maximum absolute atomic E-state index is 13.9. The summed E-state index contributed by atoms with van der Waals surface area (Å²) in [5.41, 5.74) is 4.09. The van der Waals surface area contributed by atoms with Gasteiger partial charge < -0.3 is 9.72 Å². The lowest BCUT2D eigenvalue weighted by molar-refractivity contribution is 0.0709. The summed E-state index contributed by atoms with van der Waals surface area (Å²) >= 11 is 10.0. The van der Waals surface area contributed by atoms with Crippen molar-refractivity contribution in [2.75, 3.05) is 7.11 Å². The van der Waals surface area contributed by atoms with Gasteiger partial charge in [-0.25, -0.2) is 5.01 Å². The third-order valence-electron chi connectivity index (χ3n) is 7.05. The van der Waals surface area contributed by atoms with Crippen molar-refractivity contribution in [3.8, 4) is 16.9 Å². The van der Waals surface area contributed by atoms with Gasteiger partial charge in [-0.3, -0.25) is 9.59 Å². The van der Waals surface area contributed by atoms with Crippen molar-refractivity contribution in [1.82, 2.24) is 9.99 Å². The molecule has 6 rings (SSSR count). The Morgan fingerprint density at radius 1 is 0.975 bits per heavy atom. The summed E-state index contributed by atoms with van der Waals surface area (Å²) in [6, 6.07) is 29.4. The van der Waals surface area contributed by atoms with Crippen LogP contribution < -0.4 is 10.3 Å². The van der Waals surface area contributed by atoms with Gasteiger partial charge in [0, 0.05) is 32.9 Å². The molecule has 0 spiro atoms. The van der Waals surface area contributed by atoms with Gasteiger partial charge >= 0.3 is 0 Å². The molecular formula is C32H23BrClN3O3. The van der Waals surface area contributed by atoms with Crippen LogP contribution in [0.3, 0.4) is 0 Å². The fraction of sp³-hybridized carbons (Fsp3) is 0.0938. The minimum Gasteiger partial charge on any atom is -0.496 e. The minimum absolute atomic E-state index is 0.279. The molecule has 1 aliphatic rings. The first kappa shape index (κ1) is 26.0. The number of pyridine rings is 1. The van der Waals surface area contributed by atoms with Crippen LogP contribution in [0.4, 0.5) is 0 Å². The van der Waals surface area contributed by atoms with Crippen LogP contribution in [0, 0.1) is 0 Å². The number of aromatic amines is 1. The van der Waals surface area contributed by atoms with Crippen molar-refractivity contribution in [3.63, 3.8) is 0 Å². The maximum atomic E-state index is 13.9. The van der Waals surface area contributed by atoms with Crippen molar-refractivity contribution in [2.45, 2.75) is 12.5 Å². The van der Waals surface area contributed by atoms with Gasteiger partial charge in [-0.15, -0.1) is 0 Å². The lowest BCUT2D eigenvalue weighted by Gasteiger charge is -2.24. The molecule has 0 bridgehead atoms. The first-order chi connectivity index (χ1) is 19.5. The number of ether oxygens (including phenoxy) is 1. The monoisotopic (exact) mass is 611 g/mol. The van der Waals surface area contributed by atoms with Crippen LogP contribution in [0.1, 0.15) is 33.9 Å². The van der Waals surface area contributed by atoms with Crippen LogP contribution in [0.2, 0.25) is 5.02 Å². The Hall–Kier alpha value is -4.20. The predicted octanol–water partition coefficient (Wildman–Crippen LogP) is 7.61. The third-order valence-corrected chi connectivity index (χ3v) is 7.87. The van der Waals surface area contributed by atoms with Crippen molar-refractivity contribution >= 4 is 50.1 Å². The number of rotatable bonds is 5. The summed E-state index contributed by atoms with van der Waals surface area (Å²) in [4.78, 5) is 30.7. The zero-order valence-electron chi connectivity index (χ0n) is 21.4. The fourth-order valence-electron chi connectivity index (χ4n) is 5.24. The lowest BCUT2D eigenvalue weighted by Crippen LogP contribution is -2.27. The zero-order valence-corrected chi connectivity index (χ0v) is 23.7. The number of aromatic nitrogens is 1. The molecule has 1 aromatic heterocycles. The number of methoxy groups -OCH3 is 1. The number of carbonyl (C=O) groups excluding carboxylic acids is 1. The summed E-state index contributed by atoms with van der Waals surface area (Å²) in [5.74, 6) is 0.262. The van der Waals surface area contributed by atoms with E-state index in [2.05, 4.69) is 20.9 Å². The Labute approximate surface area is 244 Å². The molecule has 4 aromatic carbocycles. The molecule has 40 heavy (non-hydrogen) atoms. The van der Waals surface area contributed by atoms with E-state index in [0.717, 1.165) is 26.5 Å². The first-order valence-corrected chi connectivity index (χ1v) is 13.8. The smallest absolute Gasteiger partial charge is 0.276 e. The number of nitrogens with zero attached hydrogens (tertiary/aromatic N) is 2. The number of carbonyl (C=O) groups is 1. The van der Waals surface area contributed by atoms with Crippen LogP contribution in [0.25, 0.3) is 22.0 Å². The van der Waals surface area contributed by atoms with E-state index in [4.69, 9.17) is 21.4 Å². The number of hydrogen-bond donors (Lipinski definition) is 1. The number of hydrazone groups is 1. The van der Waals surface area contributed by atoms with E-state index in [9.17, 15) is 9.59 Å². The summed E-state index contributed by atoms with van der Waals surface area (Å²) in [6.07, 6.45) is 0.305. The number of benzene rings is 4. The molecule has 1 N–H and O–H groups in total. The van der Waals surface area contributed by atoms with E-state index in [-0.39, 0.29) is 11.5 Å². The highest BCUT2D eigenvalue weighted by molar-refractivity contribution is 9.10. The molecule has 0 saturated carbocycles. The maximum Gasteiger partial charge on any atom is 0.276 e. The van der Waals surface area contributed by atoms with Crippen molar-refractivity contribution in [1.29, 1.82) is 0 Å². The molecule has 0 fully saturated rings. The Kier molecular flexibility index (Phi) is 7.00. The average molecular weight is 613 g/mol. The molecule has 1 unspecified atom stereocenters. The largest absolute Gasteiger partial charge is 0.496 e. The van der Waals surface area contributed by atoms with Gasteiger partial charge in [0.05, 0.1) is 35.0 Å². The topological polar surface area (TPSA) is 74.8 Å². The molecule has 1 aliphatic heterocycles. The SMILES string of the molecule is COc1ccccc1C1CC(c2c(-c3ccccc3)c3cc(Br)ccc3[nH]c2=O)=NN1C(=O)c1ccccc1Cl. The minimum atomic E-state index is -0.517. The van der Waals surface area contributed by atoms with E-state index < -0.39 is 6.04 Å². The van der Waals surface area contributed by atoms with E-state index in [0.29, 0.717) is 39.5 Å². The van der Waals surface area contributed by atoms with Crippen LogP contribution in [-0.4, -0.2) is 28.7 Å². The molecule has 198 valence electrons. The predicted molar refractivity (Wildman–Crippen MR) is 162 cm³/mol. The quantitative estimate of drug-likeness (QED) is 0.222. The average Bonchev–Trinajstić information content (AvgIpc) is 3.42. The summed E-state index contributed by atoms with van der Waals surface area (Å²) in [5, 5.41) is 7.45. The number of fused-ring (bicyclic) bond motifs is 1. The fourth-order valence-corrected chi connectivity index (χ4v) is 5.81. The molecule has 1 amide bonds. The summed E-state index contributed by atoms with van der Waals surface area (Å²) in [7, 11) is 1.59. The third kappa shape index (κ3) is 4.61. The van der Waals surface area contributed by atoms with Crippen LogP contribution >= 0.6 is 27.5 Å². The van der Waals surface area contributed by atoms with Gasteiger partial charge in [-0.1, -0.05) is 88.2 Å². The molecule has 1 atom stereocenters. The Morgan fingerprint density at radius 3 is 2.48 bits per heavy atom. The van der Waals surface area contributed by atoms with Gasteiger partial charge in [0.15, 0.2) is 0 Å². The van der Waals surface area contributed by atoms with Gasteiger partial charge in [0.2, 0.25) is 0 Å². The number of hydrogen-bond acceptors (Lipinski definition) is 4. The van der Waals surface area contributed by atoms with Gasteiger partial charge in [0.25, 0.3) is 11.5 Å². The second-order valence-electron chi connectivity index (χ2n) is 9.40. The highest BCUT2D eigenvalue weighted by atomic mass is 79.9. The standard InChI is InChI=1S/C32H23BrClN3O3/c1-40-28-14-8-6-12-22(28)27-18-26(36-37(27)32(39)21-11-5-7-13-24(21)34)30-29(19-9-3-2-4-10-19)23-17-20(33)15-16-25(23)35-31(30)38/h2-17,27H,18H2,1H3,(H,35,38). The van der Waals surface area contributed by atoms with E-state index in [1.807, 2.05) is 72.8 Å². The molecular weight excluding hydrogens is 590 g/mol. The lowest BCUT2D eigenvalue weighted by atomic mass is 9.91. The Bertz CT molecular complexity index is 1850. The molecule has 5 aromatic rings. The molecule has 0 saturated heterocycles. The van der Waals surface area contributed by atoms with Crippen LogP contribution in [-0.2, 0) is 0 Å². The van der Waals surface area contributed by atoms with E-state index in [1.54, 1.807) is 31.4 Å². The molecule has 2 heterocycles. The Morgan fingerprint density at radius 2 is 1.70 bits per heavy atom. The Balaban J connectivity index is 1.60. The highest BCUT2D eigenvalue weighted by Crippen LogP contribution is 2.41. The van der Waals surface area contributed by atoms with Gasteiger partial charge in [0.1, 0.15) is 5.75 Å². The molecule has 6 nitrogen and oxygen atoms in total. The second kappa shape index (κ2) is 10.8. The number of amides is 1. The normalized spacial score (nSPS) is 14.8. The number of nitrogens with one attached hydrogen (secondary N) is 1. The number of H-pyrrole nitrogens is 1. The molecule has 0 aliphatic carbocycles. The second-order valence-corrected chi connectivity index (χ2v) is 10.7. The highest BCUT2D eigenvalue weighted by Gasteiger charge is 2.37. The van der Waals surface area contributed by atoms with Gasteiger partial charge in [-0.2, -0.15) is 5.10 Å². The number of para-hydroxylation sites is 1. The van der Waals surface area contributed by atoms with Crippen LogP contribution in [0.15, 0.2) is 111 Å². The molecule has 8 heteroatoms. The van der Waals surface area contributed by atoms with E-state index in [1.165, 1.54) is 5.01 Å². The molecule has 0 radical (unpaired) electrons. The summed E-state index contributed by atoms with van der Waals surface area (Å²) < 4.78 is 6.54. The van der Waals surface area contributed by atoms with E-state index >= 15 is 0 Å². The van der Waals surface area contributed by atoms with Crippen molar-refractivity contribution in [2.24, 2.45) is 5.10 Å². The number of halogens is 2. The van der Waals surface area contributed by atoms with Crippen molar-refractivity contribution in [3.05, 3.63) is 134 Å². The first-order valence-electron chi connectivity index (χ1n) is 12.7.